The van der Waals surface area contributed by atoms with Gasteiger partial charge in [-0.15, -0.1) is 0 Å². The molecule has 0 bridgehead atoms. The molecule has 1 aliphatic heterocycles. The molecular formula is C15H17BrN2O3. The van der Waals surface area contributed by atoms with E-state index in [9.17, 15) is 9.59 Å². The number of morpholine rings is 1. The SMILES string of the molecule is O=C(Nc1cccc(Br)c1)C1CC1C(=O)N1CCOCC1. The van der Waals surface area contributed by atoms with Crippen molar-refractivity contribution in [3.8, 4) is 0 Å². The second-order valence-corrected chi connectivity index (χ2v) is 6.30. The van der Waals surface area contributed by atoms with E-state index in [0.717, 1.165) is 10.2 Å². The van der Waals surface area contributed by atoms with E-state index < -0.39 is 0 Å². The van der Waals surface area contributed by atoms with Crippen LogP contribution in [0.1, 0.15) is 6.42 Å². The molecule has 2 unspecified atom stereocenters. The van der Waals surface area contributed by atoms with E-state index in [1.807, 2.05) is 24.3 Å². The Morgan fingerprint density at radius 1 is 1.24 bits per heavy atom. The van der Waals surface area contributed by atoms with Crippen LogP contribution in [-0.4, -0.2) is 43.0 Å². The Labute approximate surface area is 131 Å². The molecule has 1 aliphatic carbocycles. The van der Waals surface area contributed by atoms with Crippen LogP contribution >= 0.6 is 15.9 Å². The number of benzene rings is 1. The summed E-state index contributed by atoms with van der Waals surface area (Å²) < 4.78 is 6.15. The van der Waals surface area contributed by atoms with Gasteiger partial charge in [0, 0.05) is 23.2 Å². The number of nitrogens with zero attached hydrogens (tertiary/aromatic N) is 1. The lowest BCUT2D eigenvalue weighted by atomic mass is 10.2. The van der Waals surface area contributed by atoms with E-state index in [1.165, 1.54) is 0 Å². The fourth-order valence-electron chi connectivity index (χ4n) is 2.58. The monoisotopic (exact) mass is 352 g/mol. The maximum absolute atomic E-state index is 12.3. The van der Waals surface area contributed by atoms with Crippen LogP contribution in [0.2, 0.25) is 0 Å². The number of carbonyl (C=O) groups excluding carboxylic acids is 2. The maximum atomic E-state index is 12.3. The van der Waals surface area contributed by atoms with Crippen LogP contribution in [0.5, 0.6) is 0 Å². The van der Waals surface area contributed by atoms with Crippen molar-refractivity contribution in [1.82, 2.24) is 4.90 Å². The van der Waals surface area contributed by atoms with Crippen LogP contribution in [0, 0.1) is 11.8 Å². The van der Waals surface area contributed by atoms with E-state index in [2.05, 4.69) is 21.2 Å². The van der Waals surface area contributed by atoms with Crippen molar-refractivity contribution < 1.29 is 14.3 Å². The average Bonchev–Trinajstić information content (AvgIpc) is 3.28. The summed E-state index contributed by atoms with van der Waals surface area (Å²) in [6, 6.07) is 7.45. The molecule has 0 radical (unpaired) electrons. The smallest absolute Gasteiger partial charge is 0.228 e. The molecule has 5 nitrogen and oxygen atoms in total. The molecule has 1 saturated carbocycles. The van der Waals surface area contributed by atoms with Crippen molar-refractivity contribution in [3.63, 3.8) is 0 Å². The summed E-state index contributed by atoms with van der Waals surface area (Å²) in [4.78, 5) is 26.2. The van der Waals surface area contributed by atoms with Gasteiger partial charge in [0.2, 0.25) is 11.8 Å². The first kappa shape index (κ1) is 14.5. The van der Waals surface area contributed by atoms with Gasteiger partial charge in [0.05, 0.1) is 25.0 Å². The third-order valence-electron chi connectivity index (χ3n) is 3.86. The zero-order valence-corrected chi connectivity index (χ0v) is 13.1. The summed E-state index contributed by atoms with van der Waals surface area (Å²) in [5, 5.41) is 2.87. The zero-order chi connectivity index (χ0) is 14.8. The van der Waals surface area contributed by atoms with Crippen molar-refractivity contribution in [2.24, 2.45) is 11.8 Å². The largest absolute Gasteiger partial charge is 0.378 e. The number of ether oxygens (including phenoxy) is 1. The molecule has 2 fully saturated rings. The molecule has 1 N–H and O–H groups in total. The van der Waals surface area contributed by atoms with Gasteiger partial charge in [-0.05, 0) is 24.6 Å². The van der Waals surface area contributed by atoms with Gasteiger partial charge in [-0.1, -0.05) is 22.0 Å². The van der Waals surface area contributed by atoms with Crippen LogP contribution in [0.4, 0.5) is 5.69 Å². The molecule has 21 heavy (non-hydrogen) atoms. The summed E-state index contributed by atoms with van der Waals surface area (Å²) in [5.74, 6) is -0.331. The third-order valence-corrected chi connectivity index (χ3v) is 4.35. The van der Waals surface area contributed by atoms with Crippen LogP contribution < -0.4 is 5.32 Å². The van der Waals surface area contributed by atoms with E-state index in [-0.39, 0.29) is 23.7 Å². The molecule has 2 aliphatic rings. The molecule has 0 spiro atoms. The van der Waals surface area contributed by atoms with E-state index in [0.29, 0.717) is 32.7 Å². The normalized spacial score (nSPS) is 24.5. The van der Waals surface area contributed by atoms with Crippen molar-refractivity contribution in [3.05, 3.63) is 28.7 Å². The Bertz CT molecular complexity index is 558. The van der Waals surface area contributed by atoms with Gasteiger partial charge < -0.3 is 15.0 Å². The number of halogens is 1. The number of rotatable bonds is 3. The minimum absolute atomic E-state index is 0.0697. The molecule has 6 heteroatoms. The quantitative estimate of drug-likeness (QED) is 0.903. The van der Waals surface area contributed by atoms with E-state index >= 15 is 0 Å². The van der Waals surface area contributed by atoms with Crippen LogP contribution in [0.3, 0.4) is 0 Å². The number of hydrogen-bond acceptors (Lipinski definition) is 3. The van der Waals surface area contributed by atoms with Crippen LogP contribution in [0.25, 0.3) is 0 Å². The lowest BCUT2D eigenvalue weighted by molar-refractivity contribution is -0.137. The highest BCUT2D eigenvalue weighted by atomic mass is 79.9. The second kappa shape index (κ2) is 6.15. The Hall–Kier alpha value is -1.40. The number of anilines is 1. The molecule has 1 aromatic carbocycles. The van der Waals surface area contributed by atoms with Gasteiger partial charge in [-0.2, -0.15) is 0 Å². The Morgan fingerprint density at radius 3 is 2.71 bits per heavy atom. The summed E-state index contributed by atoms with van der Waals surface area (Å²) in [7, 11) is 0. The lowest BCUT2D eigenvalue weighted by Crippen LogP contribution is -2.42. The van der Waals surface area contributed by atoms with Crippen molar-refractivity contribution >= 4 is 33.4 Å². The van der Waals surface area contributed by atoms with Gasteiger partial charge in [0.15, 0.2) is 0 Å². The van der Waals surface area contributed by atoms with Gasteiger partial charge in [-0.25, -0.2) is 0 Å². The summed E-state index contributed by atoms with van der Waals surface area (Å²) in [5.41, 5.74) is 0.749. The molecular weight excluding hydrogens is 336 g/mol. The molecule has 1 aromatic rings. The number of hydrogen-bond donors (Lipinski definition) is 1. The first-order chi connectivity index (χ1) is 10.1. The molecule has 112 valence electrons. The van der Waals surface area contributed by atoms with E-state index in [1.54, 1.807) is 4.90 Å². The van der Waals surface area contributed by atoms with Crippen LogP contribution in [0.15, 0.2) is 28.7 Å². The van der Waals surface area contributed by atoms with Crippen molar-refractivity contribution in [2.75, 3.05) is 31.6 Å². The predicted octanol–water partition coefficient (Wildman–Crippen LogP) is 1.88. The summed E-state index contributed by atoms with van der Waals surface area (Å²) >= 11 is 3.37. The molecule has 3 rings (SSSR count). The Morgan fingerprint density at radius 2 is 2.00 bits per heavy atom. The highest BCUT2D eigenvalue weighted by Crippen LogP contribution is 2.41. The third kappa shape index (κ3) is 3.44. The Balaban J connectivity index is 1.54. The second-order valence-electron chi connectivity index (χ2n) is 5.39. The fraction of sp³-hybridized carbons (Fsp3) is 0.467. The lowest BCUT2D eigenvalue weighted by Gasteiger charge is -2.27. The highest BCUT2D eigenvalue weighted by Gasteiger charge is 2.49. The highest BCUT2D eigenvalue weighted by molar-refractivity contribution is 9.10. The van der Waals surface area contributed by atoms with Crippen molar-refractivity contribution in [1.29, 1.82) is 0 Å². The van der Waals surface area contributed by atoms with E-state index in [4.69, 9.17) is 4.74 Å². The molecule has 1 heterocycles. The van der Waals surface area contributed by atoms with Gasteiger partial charge in [0.25, 0.3) is 0 Å². The minimum Gasteiger partial charge on any atom is -0.378 e. The minimum atomic E-state index is -0.195. The first-order valence-corrected chi connectivity index (χ1v) is 7.87. The summed E-state index contributed by atoms with van der Waals surface area (Å²) in [6.45, 7) is 2.45. The van der Waals surface area contributed by atoms with Gasteiger partial charge in [0.1, 0.15) is 0 Å². The standard InChI is InChI=1S/C15H17BrN2O3/c16-10-2-1-3-11(8-10)17-14(19)12-9-13(12)15(20)18-4-6-21-7-5-18/h1-3,8,12-13H,4-7,9H2,(H,17,19). The van der Waals surface area contributed by atoms with Crippen molar-refractivity contribution in [2.45, 2.75) is 6.42 Å². The molecule has 2 atom stereocenters. The average molecular weight is 353 g/mol. The van der Waals surface area contributed by atoms with Gasteiger partial charge in [-0.3, -0.25) is 9.59 Å². The zero-order valence-electron chi connectivity index (χ0n) is 11.5. The molecule has 1 saturated heterocycles. The molecule has 0 aromatic heterocycles. The summed E-state index contributed by atoms with van der Waals surface area (Å²) in [6.07, 6.45) is 0.649. The maximum Gasteiger partial charge on any atom is 0.228 e. The fourth-order valence-corrected chi connectivity index (χ4v) is 2.98. The number of amides is 2. The van der Waals surface area contributed by atoms with Gasteiger partial charge >= 0.3 is 0 Å². The topological polar surface area (TPSA) is 58.6 Å². The Kier molecular flexibility index (Phi) is 4.26. The first-order valence-electron chi connectivity index (χ1n) is 7.08. The van der Waals surface area contributed by atoms with Crippen LogP contribution in [-0.2, 0) is 14.3 Å². The number of carbonyl (C=O) groups is 2. The number of nitrogens with one attached hydrogen (secondary N) is 1. The molecule has 2 amide bonds. The predicted molar refractivity (Wildman–Crippen MR) is 81.8 cm³/mol.